The summed E-state index contributed by atoms with van der Waals surface area (Å²) in [7, 11) is 3.18. The molecule has 0 saturated carbocycles. The van der Waals surface area contributed by atoms with E-state index >= 15 is 0 Å². The Morgan fingerprint density at radius 3 is 2.20 bits per heavy atom. The molecule has 1 atom stereocenters. The molecule has 0 bridgehead atoms. The number of ether oxygens (including phenoxy) is 3. The number of rotatable bonds is 4. The highest BCUT2D eigenvalue weighted by atomic mass is 16.5. The zero-order valence-electron chi connectivity index (χ0n) is 11.1. The topological polar surface area (TPSA) is 134 Å². The van der Waals surface area contributed by atoms with Crippen molar-refractivity contribution in [1.82, 2.24) is 5.32 Å². The van der Waals surface area contributed by atoms with E-state index in [1.165, 1.54) is 0 Å². The number of amides is 1. The molecule has 0 aromatic carbocycles. The maximum atomic E-state index is 12.0. The molecule has 9 nitrogen and oxygen atoms in total. The molecule has 20 heavy (non-hydrogen) atoms. The summed E-state index contributed by atoms with van der Waals surface area (Å²) in [5.41, 5.74) is 2.47. The van der Waals surface area contributed by atoms with Gasteiger partial charge < -0.3 is 25.3 Å². The van der Waals surface area contributed by atoms with Crippen LogP contribution in [0.2, 0.25) is 0 Å². The fraction of sp³-hybridized carbons (Fsp3) is 0.455. The molecule has 0 aromatic heterocycles. The lowest BCUT2D eigenvalue weighted by Crippen LogP contribution is -2.55. The first-order chi connectivity index (χ1) is 9.33. The van der Waals surface area contributed by atoms with Crippen molar-refractivity contribution in [3.8, 4) is 0 Å². The molecule has 1 rings (SSSR count). The molecular weight excluding hydrogens is 272 g/mol. The summed E-state index contributed by atoms with van der Waals surface area (Å²) >= 11 is 0. The Labute approximate surface area is 114 Å². The van der Waals surface area contributed by atoms with Gasteiger partial charge in [0.05, 0.1) is 27.8 Å². The lowest BCUT2D eigenvalue weighted by Gasteiger charge is -2.26. The van der Waals surface area contributed by atoms with Crippen molar-refractivity contribution in [2.75, 3.05) is 21.3 Å². The van der Waals surface area contributed by atoms with E-state index in [9.17, 15) is 19.2 Å². The van der Waals surface area contributed by atoms with Crippen molar-refractivity contribution in [2.45, 2.75) is 12.0 Å². The van der Waals surface area contributed by atoms with Crippen LogP contribution in [0.3, 0.4) is 0 Å². The van der Waals surface area contributed by atoms with Crippen LogP contribution in [0.5, 0.6) is 0 Å². The highest BCUT2D eigenvalue weighted by Gasteiger charge is 2.56. The van der Waals surface area contributed by atoms with E-state index < -0.39 is 47.0 Å². The van der Waals surface area contributed by atoms with Crippen LogP contribution in [-0.4, -0.2) is 50.7 Å². The van der Waals surface area contributed by atoms with Crippen molar-refractivity contribution in [1.29, 1.82) is 0 Å². The van der Waals surface area contributed by atoms with Gasteiger partial charge in [0.25, 0.3) is 5.91 Å². The Balaban J connectivity index is 3.43. The van der Waals surface area contributed by atoms with E-state index in [-0.39, 0.29) is 0 Å². The molecular formula is C11H14N2O7. The molecule has 0 saturated heterocycles. The van der Waals surface area contributed by atoms with Crippen LogP contribution < -0.4 is 11.1 Å². The molecule has 0 aliphatic carbocycles. The zero-order chi connectivity index (χ0) is 15.5. The maximum Gasteiger partial charge on any atom is 0.339 e. The minimum atomic E-state index is -2.05. The fourth-order valence-corrected chi connectivity index (χ4v) is 1.87. The number of methoxy groups -OCH3 is 3. The summed E-state index contributed by atoms with van der Waals surface area (Å²) in [5.74, 6) is -3.77. The SMILES string of the molecule is COC(=O)C[C@]1(C(=O)OC)NC(=O)C(N)=C1C(=O)OC. The number of esters is 3. The van der Waals surface area contributed by atoms with E-state index in [2.05, 4.69) is 19.5 Å². The predicted molar refractivity (Wildman–Crippen MR) is 62.8 cm³/mol. The molecule has 0 aromatic rings. The number of hydrogen-bond acceptors (Lipinski definition) is 8. The fourth-order valence-electron chi connectivity index (χ4n) is 1.87. The standard InChI is InChI=1S/C11H14N2O7/c1-18-5(14)4-11(10(17)20-3)6(9(16)19-2)7(12)8(15)13-11/h4,12H2,1-3H3,(H,13,15)/t11-/m0/s1. The second kappa shape index (κ2) is 5.59. The van der Waals surface area contributed by atoms with E-state index in [1.54, 1.807) is 0 Å². The van der Waals surface area contributed by atoms with Crippen molar-refractivity contribution in [3.05, 3.63) is 11.3 Å². The summed E-state index contributed by atoms with van der Waals surface area (Å²) in [4.78, 5) is 46.8. The highest BCUT2D eigenvalue weighted by Crippen LogP contribution is 2.31. The molecule has 0 spiro atoms. The Morgan fingerprint density at radius 1 is 1.15 bits per heavy atom. The number of carbonyl (C=O) groups is 4. The van der Waals surface area contributed by atoms with Crippen molar-refractivity contribution in [2.24, 2.45) is 5.73 Å². The minimum absolute atomic E-state index is 0.470. The Hall–Kier alpha value is -2.58. The van der Waals surface area contributed by atoms with Gasteiger partial charge in [0, 0.05) is 0 Å². The predicted octanol–water partition coefficient (Wildman–Crippen LogP) is -2.02. The second-order valence-corrected chi connectivity index (χ2v) is 3.88. The van der Waals surface area contributed by atoms with Gasteiger partial charge in [0.2, 0.25) is 0 Å². The average molecular weight is 286 g/mol. The normalized spacial score (nSPS) is 21.2. The molecule has 1 aliphatic rings. The smallest absolute Gasteiger partial charge is 0.339 e. The molecule has 1 amide bonds. The summed E-state index contributed by atoms with van der Waals surface area (Å²) in [6, 6.07) is 0. The van der Waals surface area contributed by atoms with Crippen LogP contribution in [0.1, 0.15) is 6.42 Å². The van der Waals surface area contributed by atoms with Crippen LogP contribution in [0.25, 0.3) is 0 Å². The van der Waals surface area contributed by atoms with Gasteiger partial charge in [-0.05, 0) is 0 Å². The lowest BCUT2D eigenvalue weighted by molar-refractivity contribution is -0.155. The molecule has 110 valence electrons. The largest absolute Gasteiger partial charge is 0.469 e. The number of nitrogens with one attached hydrogen (secondary N) is 1. The highest BCUT2D eigenvalue weighted by molar-refractivity contribution is 6.15. The summed E-state index contributed by atoms with van der Waals surface area (Å²) < 4.78 is 13.5. The average Bonchev–Trinajstić information content (AvgIpc) is 2.69. The molecule has 0 radical (unpaired) electrons. The van der Waals surface area contributed by atoms with Gasteiger partial charge in [0.15, 0.2) is 5.54 Å². The van der Waals surface area contributed by atoms with Crippen LogP contribution in [0.4, 0.5) is 0 Å². The zero-order valence-corrected chi connectivity index (χ0v) is 11.1. The van der Waals surface area contributed by atoms with Gasteiger partial charge in [-0.2, -0.15) is 0 Å². The third-order valence-electron chi connectivity index (χ3n) is 2.83. The summed E-state index contributed by atoms with van der Waals surface area (Å²) in [5, 5.41) is 2.18. The molecule has 0 fully saturated rings. The Bertz CT molecular complexity index is 511. The third-order valence-corrected chi connectivity index (χ3v) is 2.83. The van der Waals surface area contributed by atoms with Crippen LogP contribution in [0.15, 0.2) is 11.3 Å². The quantitative estimate of drug-likeness (QED) is 0.446. The first kappa shape index (κ1) is 15.5. The Morgan fingerprint density at radius 2 is 1.75 bits per heavy atom. The molecule has 0 unspecified atom stereocenters. The van der Waals surface area contributed by atoms with Crippen molar-refractivity contribution >= 4 is 23.8 Å². The molecule has 1 heterocycles. The third kappa shape index (κ3) is 2.29. The first-order valence-corrected chi connectivity index (χ1v) is 5.40. The van der Waals surface area contributed by atoms with E-state index in [0.29, 0.717) is 0 Å². The minimum Gasteiger partial charge on any atom is -0.469 e. The molecule has 3 N–H and O–H groups in total. The second-order valence-electron chi connectivity index (χ2n) is 3.88. The summed E-state index contributed by atoms with van der Waals surface area (Å²) in [6.45, 7) is 0. The van der Waals surface area contributed by atoms with Gasteiger partial charge in [-0.15, -0.1) is 0 Å². The Kier molecular flexibility index (Phi) is 4.33. The van der Waals surface area contributed by atoms with Gasteiger partial charge in [-0.1, -0.05) is 0 Å². The summed E-state index contributed by atoms with van der Waals surface area (Å²) in [6.07, 6.45) is -0.646. The first-order valence-electron chi connectivity index (χ1n) is 5.40. The van der Waals surface area contributed by atoms with Gasteiger partial charge in [0.1, 0.15) is 11.3 Å². The van der Waals surface area contributed by atoms with Gasteiger partial charge in [-0.3, -0.25) is 9.59 Å². The van der Waals surface area contributed by atoms with Crippen molar-refractivity contribution < 1.29 is 33.4 Å². The van der Waals surface area contributed by atoms with E-state index in [1.807, 2.05) is 0 Å². The van der Waals surface area contributed by atoms with E-state index in [4.69, 9.17) is 5.73 Å². The maximum absolute atomic E-state index is 12.0. The molecule has 9 heteroatoms. The number of hydrogen-bond donors (Lipinski definition) is 2. The van der Waals surface area contributed by atoms with Crippen LogP contribution in [0, 0.1) is 0 Å². The van der Waals surface area contributed by atoms with Gasteiger partial charge in [-0.25, -0.2) is 9.59 Å². The van der Waals surface area contributed by atoms with Crippen molar-refractivity contribution in [3.63, 3.8) is 0 Å². The van der Waals surface area contributed by atoms with Gasteiger partial charge >= 0.3 is 17.9 Å². The number of nitrogens with two attached hydrogens (primary N) is 1. The number of carbonyl (C=O) groups excluding carboxylic acids is 4. The van der Waals surface area contributed by atoms with Crippen LogP contribution >= 0.6 is 0 Å². The van der Waals surface area contributed by atoms with Crippen LogP contribution in [-0.2, 0) is 33.4 Å². The lowest BCUT2D eigenvalue weighted by atomic mass is 9.87. The monoisotopic (exact) mass is 286 g/mol. The van der Waals surface area contributed by atoms with E-state index in [0.717, 1.165) is 21.3 Å². The molecule has 1 aliphatic heterocycles.